The van der Waals surface area contributed by atoms with E-state index in [0.717, 1.165) is 46.0 Å². The van der Waals surface area contributed by atoms with Gasteiger partial charge in [-0.2, -0.15) is 0 Å². The number of phenols is 1. The predicted molar refractivity (Wildman–Crippen MR) is 125 cm³/mol. The highest BCUT2D eigenvalue weighted by atomic mass is 16.5. The van der Waals surface area contributed by atoms with Gasteiger partial charge in [0.15, 0.2) is 6.73 Å². The summed E-state index contributed by atoms with van der Waals surface area (Å²) < 4.78 is 12.1. The van der Waals surface area contributed by atoms with Crippen molar-refractivity contribution >= 4 is 17.3 Å². The minimum atomic E-state index is 0.143. The maximum atomic E-state index is 9.55. The molecule has 0 unspecified atom stereocenters. The molecule has 3 aromatic carbocycles. The molecule has 0 saturated carbocycles. The van der Waals surface area contributed by atoms with Crippen LogP contribution in [0, 0.1) is 0 Å². The molecule has 0 bridgehead atoms. The van der Waals surface area contributed by atoms with Gasteiger partial charge in [0.2, 0.25) is 0 Å². The van der Waals surface area contributed by atoms with Crippen molar-refractivity contribution in [3.8, 4) is 17.2 Å². The second-order valence-corrected chi connectivity index (χ2v) is 9.27. The number of benzene rings is 3. The molecule has 0 radical (unpaired) electrons. The van der Waals surface area contributed by atoms with E-state index in [0.29, 0.717) is 13.3 Å². The van der Waals surface area contributed by atoms with Crippen molar-refractivity contribution in [3.63, 3.8) is 0 Å². The SMILES string of the molecule is CC(C)(C)c1ccc(N2COc3cc4c(cc3C2)C=C(c2ccc(O)cc2)CO4)cc1. The van der Waals surface area contributed by atoms with Gasteiger partial charge in [-0.1, -0.05) is 45.0 Å². The Morgan fingerprint density at radius 3 is 2.32 bits per heavy atom. The van der Waals surface area contributed by atoms with Gasteiger partial charge in [-0.15, -0.1) is 0 Å². The Morgan fingerprint density at radius 2 is 1.61 bits per heavy atom. The summed E-state index contributed by atoms with van der Waals surface area (Å²) in [6.07, 6.45) is 2.17. The van der Waals surface area contributed by atoms with Crippen molar-refractivity contribution in [3.05, 3.63) is 82.9 Å². The van der Waals surface area contributed by atoms with E-state index in [2.05, 4.69) is 62.1 Å². The average Bonchev–Trinajstić information content (AvgIpc) is 2.77. The van der Waals surface area contributed by atoms with Gasteiger partial charge in [0.05, 0.1) is 0 Å². The molecule has 0 saturated heterocycles. The fraction of sp³-hybridized carbons (Fsp3) is 0.259. The van der Waals surface area contributed by atoms with Crippen LogP contribution in [0.25, 0.3) is 11.6 Å². The Morgan fingerprint density at radius 1 is 0.871 bits per heavy atom. The standard InChI is InChI=1S/C27H27NO3/c1-27(2,3)22-6-8-23(9-7-22)28-15-20-12-19-13-21(18-4-10-24(29)11-5-18)16-30-25(19)14-26(20)31-17-28/h4-14,29H,15-17H2,1-3H3. The molecule has 2 aliphatic heterocycles. The van der Waals surface area contributed by atoms with Crippen molar-refractivity contribution in [1.29, 1.82) is 0 Å². The van der Waals surface area contributed by atoms with Crippen LogP contribution in [0.3, 0.4) is 0 Å². The first-order chi connectivity index (χ1) is 14.9. The molecule has 0 amide bonds. The summed E-state index contributed by atoms with van der Waals surface area (Å²) in [6, 6.07) is 20.2. The number of hydrogen-bond donors (Lipinski definition) is 1. The topological polar surface area (TPSA) is 41.9 Å². The lowest BCUT2D eigenvalue weighted by atomic mass is 9.87. The van der Waals surface area contributed by atoms with Gasteiger partial charge in [-0.25, -0.2) is 0 Å². The van der Waals surface area contributed by atoms with Crippen molar-refractivity contribution in [2.45, 2.75) is 32.7 Å². The van der Waals surface area contributed by atoms with Gasteiger partial charge in [-0.05, 0) is 58.5 Å². The molecule has 31 heavy (non-hydrogen) atoms. The Labute approximate surface area is 183 Å². The van der Waals surface area contributed by atoms with Crippen LogP contribution in [0.15, 0.2) is 60.7 Å². The zero-order valence-corrected chi connectivity index (χ0v) is 18.2. The third-order valence-electron chi connectivity index (χ3n) is 5.98. The van der Waals surface area contributed by atoms with Crippen LogP contribution >= 0.6 is 0 Å². The summed E-state index contributed by atoms with van der Waals surface area (Å²) in [5.41, 5.74) is 6.99. The number of phenolic OH excluding ortho intramolecular Hbond substituents is 1. The number of fused-ring (bicyclic) bond motifs is 2. The molecular weight excluding hydrogens is 386 g/mol. The first-order valence-corrected chi connectivity index (χ1v) is 10.6. The van der Waals surface area contributed by atoms with E-state index >= 15 is 0 Å². The third-order valence-corrected chi connectivity index (χ3v) is 5.98. The minimum Gasteiger partial charge on any atom is -0.508 e. The van der Waals surface area contributed by atoms with Crippen molar-refractivity contribution in [2.24, 2.45) is 0 Å². The molecule has 0 spiro atoms. The molecule has 0 aliphatic carbocycles. The number of aromatic hydroxyl groups is 1. The molecular formula is C27H27NO3. The summed E-state index contributed by atoms with van der Waals surface area (Å²) in [6.45, 7) is 8.51. The zero-order valence-electron chi connectivity index (χ0n) is 18.2. The first-order valence-electron chi connectivity index (χ1n) is 10.6. The lowest BCUT2D eigenvalue weighted by molar-refractivity contribution is 0.285. The van der Waals surface area contributed by atoms with Gasteiger partial charge in [0, 0.05) is 29.4 Å². The molecule has 3 aromatic rings. The maximum absolute atomic E-state index is 9.55. The second kappa shape index (κ2) is 7.38. The van der Waals surface area contributed by atoms with E-state index in [4.69, 9.17) is 9.47 Å². The Balaban J connectivity index is 1.41. The van der Waals surface area contributed by atoms with Crippen LogP contribution in [0.1, 0.15) is 43.0 Å². The highest BCUT2D eigenvalue weighted by Gasteiger charge is 2.23. The Kier molecular flexibility index (Phi) is 4.66. The Bertz CT molecular complexity index is 1140. The number of hydrogen-bond acceptors (Lipinski definition) is 4. The highest BCUT2D eigenvalue weighted by molar-refractivity contribution is 5.86. The van der Waals surface area contributed by atoms with E-state index in [1.807, 2.05) is 18.2 Å². The van der Waals surface area contributed by atoms with Gasteiger partial charge in [0.25, 0.3) is 0 Å². The van der Waals surface area contributed by atoms with E-state index in [9.17, 15) is 5.11 Å². The van der Waals surface area contributed by atoms with Crippen LogP contribution in [0.4, 0.5) is 5.69 Å². The molecule has 1 N–H and O–H groups in total. The van der Waals surface area contributed by atoms with Crippen LogP contribution in [0.2, 0.25) is 0 Å². The number of nitrogens with zero attached hydrogens (tertiary/aromatic N) is 1. The molecule has 4 nitrogen and oxygen atoms in total. The van der Waals surface area contributed by atoms with E-state index in [-0.39, 0.29) is 11.2 Å². The van der Waals surface area contributed by atoms with Gasteiger partial charge < -0.3 is 19.5 Å². The molecule has 0 fully saturated rings. The molecule has 4 heteroatoms. The summed E-state index contributed by atoms with van der Waals surface area (Å²) >= 11 is 0. The number of rotatable bonds is 2. The smallest absolute Gasteiger partial charge is 0.161 e. The summed E-state index contributed by atoms with van der Waals surface area (Å²) in [5.74, 6) is 2.01. The minimum absolute atomic E-state index is 0.143. The van der Waals surface area contributed by atoms with Crippen LogP contribution < -0.4 is 14.4 Å². The largest absolute Gasteiger partial charge is 0.508 e. The quantitative estimate of drug-likeness (QED) is 0.561. The number of anilines is 1. The van der Waals surface area contributed by atoms with Crippen molar-refractivity contribution in [1.82, 2.24) is 0 Å². The molecule has 5 rings (SSSR count). The van der Waals surface area contributed by atoms with Crippen LogP contribution in [0.5, 0.6) is 17.2 Å². The van der Waals surface area contributed by atoms with Crippen molar-refractivity contribution in [2.75, 3.05) is 18.2 Å². The zero-order chi connectivity index (χ0) is 21.6. The molecule has 2 heterocycles. The molecule has 0 aromatic heterocycles. The Hall–Kier alpha value is -3.40. The van der Waals surface area contributed by atoms with E-state index in [1.54, 1.807) is 12.1 Å². The predicted octanol–water partition coefficient (Wildman–Crippen LogP) is 5.98. The van der Waals surface area contributed by atoms with Gasteiger partial charge in [0.1, 0.15) is 23.9 Å². The maximum Gasteiger partial charge on any atom is 0.161 e. The van der Waals surface area contributed by atoms with Crippen LogP contribution in [-0.4, -0.2) is 18.4 Å². The molecule has 0 atom stereocenters. The molecule has 2 aliphatic rings. The lowest BCUT2D eigenvalue weighted by Gasteiger charge is -2.32. The summed E-state index contributed by atoms with van der Waals surface area (Å²) in [4.78, 5) is 2.25. The van der Waals surface area contributed by atoms with E-state index in [1.165, 1.54) is 5.56 Å². The lowest BCUT2D eigenvalue weighted by Crippen LogP contribution is -2.32. The van der Waals surface area contributed by atoms with Crippen LogP contribution in [-0.2, 0) is 12.0 Å². The fourth-order valence-electron chi connectivity index (χ4n) is 4.08. The molecule has 158 valence electrons. The van der Waals surface area contributed by atoms with Crippen molar-refractivity contribution < 1.29 is 14.6 Å². The fourth-order valence-corrected chi connectivity index (χ4v) is 4.08. The average molecular weight is 414 g/mol. The normalized spacial score (nSPS) is 15.3. The highest BCUT2D eigenvalue weighted by Crippen LogP contribution is 2.38. The van der Waals surface area contributed by atoms with Gasteiger partial charge >= 0.3 is 0 Å². The summed E-state index contributed by atoms with van der Waals surface area (Å²) in [5, 5.41) is 9.55. The monoisotopic (exact) mass is 413 g/mol. The van der Waals surface area contributed by atoms with E-state index < -0.39 is 0 Å². The second-order valence-electron chi connectivity index (χ2n) is 9.27. The number of ether oxygens (including phenoxy) is 2. The summed E-state index contributed by atoms with van der Waals surface area (Å²) in [7, 11) is 0. The van der Waals surface area contributed by atoms with Gasteiger partial charge in [-0.3, -0.25) is 0 Å². The first kappa shape index (κ1) is 19.6. The third kappa shape index (κ3) is 3.86.